The number of phosphoric acid groups is 7. The fraction of sp³-hybridized carbons (Fsp3) is 1.00. The van der Waals surface area contributed by atoms with E-state index in [0.29, 0.717) is 0 Å². The molecule has 41 nitrogen and oxygen atoms in total. The Morgan fingerprint density at radius 2 is 0.545 bits per heavy atom. The van der Waals surface area contributed by atoms with Gasteiger partial charge < -0.3 is 53.4 Å². The van der Waals surface area contributed by atoms with E-state index in [1.807, 2.05) is 0 Å². The van der Waals surface area contributed by atoms with Gasteiger partial charge in [0.05, 0.1) is 25.9 Å². The molecule has 0 aromatic carbocycles. The molecule has 2 aliphatic carbocycles. The molecule has 0 spiro atoms. The van der Waals surface area contributed by atoms with Crippen LogP contribution in [-0.2, 0) is 111 Å². The summed E-state index contributed by atoms with van der Waals surface area (Å²) in [5, 5.41) is 0. The molecule has 0 saturated heterocycles. The van der Waals surface area contributed by atoms with E-state index in [1.54, 1.807) is 0 Å². The molecule has 2 saturated carbocycles. The molecule has 2 rings (SSSR count). The molecule has 0 aromatic rings. The third kappa shape index (κ3) is 30.4. The topological polar surface area (TPSA) is 620 Å². The van der Waals surface area contributed by atoms with Crippen molar-refractivity contribution in [3.63, 3.8) is 0 Å². The van der Waals surface area contributed by atoms with Crippen LogP contribution in [0, 0.1) is 0 Å². The SMILES string of the molecule is COC[C@@H](C)OCCO[C@@H]1[C@@H](OP(=O)(O)O)[C@@H](OCCOCCO[C@@H]2[C@H](OP(=O)(O)O)[C@@H](OCCO[C@H](C)COC)[C@H](OP(=O)(O)O)[C@@H](O[PH](O)(O)O)[C@@H]2OP(=O)(O)O)[C@@H](OP(=O)(O)O)[C@H](OP(=O)(O)O)[C@H]1OP(=O)(O)O. The number of ether oxygens (including phenoxy) is 9. The first-order chi connectivity index (χ1) is 34.9. The molecule has 0 aliphatic heterocycles. The molecule has 49 heteroatoms. The van der Waals surface area contributed by atoms with Crippen molar-refractivity contribution in [2.24, 2.45) is 0 Å². The molecule has 0 amide bonds. The van der Waals surface area contributed by atoms with Gasteiger partial charge in [0.15, 0.2) is 0 Å². The van der Waals surface area contributed by atoms with Crippen LogP contribution in [0.5, 0.6) is 0 Å². The van der Waals surface area contributed by atoms with E-state index in [-0.39, 0.29) is 13.2 Å². The second-order valence-electron chi connectivity index (χ2n) is 15.8. The number of methoxy groups -OCH3 is 2. The van der Waals surface area contributed by atoms with E-state index in [1.165, 1.54) is 28.1 Å². The molecule has 17 N–H and O–H groups in total. The van der Waals surface area contributed by atoms with Gasteiger partial charge in [-0.2, -0.15) is 0 Å². The maximum absolute atomic E-state index is 12.4. The molecule has 0 aromatic heterocycles. The fourth-order valence-electron chi connectivity index (χ4n) is 7.29. The van der Waals surface area contributed by atoms with E-state index >= 15 is 0 Å². The standard InChI is InChI=1S/C28H64O41P8/c1-15(13-53-3)56-9-11-60-19-21(62-70(29,30)31)17(23(64-72(35,36)37)27(68-76(47,48)49)25(19)66-74(41,42)43)58-7-5-55-6-8-59-18-22(63-71(32,33)34)20(61-12-10-57-16(2)14-54-4)26(67-75(44,45)46)28(69-77(50,51)52)24(18)65-73(38,39)40/h15-28,47-49,76H,5-14H2,1-4H3,(H2,29,30,31)(H2,32,33,34)(H2,35,36,37)(H2,38,39,40)(H2,41,42,43)(H2,44,45,46)(H2,50,51,52)/t15-,16-,17-,18-,19-,20-,21+,22+,23-,24-,25+,26+,27+,28+/m1/s1. The first kappa shape index (κ1) is 73.8. The molecule has 0 unspecified atom stereocenters. The Labute approximate surface area is 435 Å². The Morgan fingerprint density at radius 3 is 0.766 bits per heavy atom. The molecule has 2 aliphatic rings. The van der Waals surface area contributed by atoms with E-state index in [4.69, 9.17) is 56.2 Å². The molecule has 2 fully saturated rings. The van der Waals surface area contributed by atoms with Crippen LogP contribution in [0.4, 0.5) is 0 Å². The van der Waals surface area contributed by atoms with Gasteiger partial charge in [0.1, 0.15) is 30.5 Å². The zero-order valence-electron chi connectivity index (χ0n) is 40.2. The molecular formula is C28H64O41P8. The maximum atomic E-state index is 12.4. The largest absolute Gasteiger partial charge is 0.470 e. The van der Waals surface area contributed by atoms with Crippen molar-refractivity contribution < 1.29 is 194 Å². The molecule has 14 atom stereocenters. The van der Waals surface area contributed by atoms with Crippen LogP contribution in [-0.4, -0.2) is 249 Å². The van der Waals surface area contributed by atoms with Crippen molar-refractivity contribution in [2.75, 3.05) is 80.3 Å². The van der Waals surface area contributed by atoms with E-state index < -0.39 is 201 Å². The zero-order valence-corrected chi connectivity index (χ0v) is 47.4. The van der Waals surface area contributed by atoms with E-state index in [9.17, 15) is 115 Å². The summed E-state index contributed by atoms with van der Waals surface area (Å²) in [4.78, 5) is 168. The first-order valence-corrected chi connectivity index (χ1v) is 33.7. The summed E-state index contributed by atoms with van der Waals surface area (Å²) in [6.45, 7) is -3.16. The monoisotopic (exact) mass is 1300 g/mol. The average molecular weight is 1300 g/mol. The van der Waals surface area contributed by atoms with Crippen LogP contribution in [0.1, 0.15) is 13.8 Å². The number of rotatable bonds is 38. The third-order valence-corrected chi connectivity index (χ3v) is 13.7. The minimum absolute atomic E-state index is 0.000509. The number of hydrogen-bond acceptors (Lipinski definition) is 27. The van der Waals surface area contributed by atoms with Crippen LogP contribution in [0.25, 0.3) is 0 Å². The van der Waals surface area contributed by atoms with Gasteiger partial charge in [-0.25, -0.2) is 18.3 Å². The molecule has 0 heterocycles. The molecule has 0 radical (unpaired) electrons. The number of hydrogen-bond donors (Lipinski definition) is 17. The summed E-state index contributed by atoms with van der Waals surface area (Å²) < 4.78 is 172. The van der Waals surface area contributed by atoms with Gasteiger partial charge in [-0.3, -0.25) is 18.1 Å². The van der Waals surface area contributed by atoms with Crippen molar-refractivity contribution in [2.45, 2.75) is 99.3 Å². The van der Waals surface area contributed by atoms with Gasteiger partial charge in [0, 0.05) is 7.11 Å². The summed E-state index contributed by atoms with van der Waals surface area (Å²) in [6.07, 6.45) is -33.0. The smallest absolute Gasteiger partial charge is 0.303 e. The minimum atomic E-state index is -6.08. The first-order valence-electron chi connectivity index (χ1n) is 21.2. The normalized spacial score (nSPS) is 28.6. The average Bonchev–Trinajstić information content (AvgIpc) is 3.20. The summed E-state index contributed by atoms with van der Waals surface area (Å²) >= 11 is 0. The van der Waals surface area contributed by atoms with Crippen LogP contribution in [0.2, 0.25) is 0 Å². The van der Waals surface area contributed by atoms with Crippen LogP contribution in [0.15, 0.2) is 0 Å². The Kier molecular flexibility index (Phi) is 30.4. The maximum Gasteiger partial charge on any atom is 0.470 e. The Balaban J connectivity index is 2.64. The van der Waals surface area contributed by atoms with Crippen molar-refractivity contribution >= 4 is 62.9 Å². The molecule has 77 heavy (non-hydrogen) atoms. The van der Waals surface area contributed by atoms with Gasteiger partial charge in [0.25, 0.3) is 0 Å². The summed E-state index contributed by atoms with van der Waals surface area (Å²) in [5.74, 6) is 0. The van der Waals surface area contributed by atoms with E-state index in [2.05, 4.69) is 22.6 Å². The predicted octanol–water partition coefficient (Wildman–Crippen LogP) is -4.21. The second kappa shape index (κ2) is 31.7. The minimum Gasteiger partial charge on any atom is -0.303 e. The van der Waals surface area contributed by atoms with Crippen LogP contribution in [0.3, 0.4) is 0 Å². The quantitative estimate of drug-likeness (QED) is 0.0206. The van der Waals surface area contributed by atoms with Crippen molar-refractivity contribution in [3.8, 4) is 0 Å². The summed E-state index contributed by atoms with van der Waals surface area (Å²) in [5.41, 5.74) is 0. The van der Waals surface area contributed by atoms with Gasteiger partial charge >= 0.3 is 276 Å². The van der Waals surface area contributed by atoms with Gasteiger partial charge in [-0.1, -0.05) is 0 Å². The third-order valence-electron chi connectivity index (χ3n) is 9.46. The van der Waals surface area contributed by atoms with Gasteiger partial charge in [-0.15, -0.1) is 0 Å². The van der Waals surface area contributed by atoms with Crippen LogP contribution < -0.4 is 0 Å². The predicted molar refractivity (Wildman–Crippen MR) is 243 cm³/mol. The van der Waals surface area contributed by atoms with Crippen molar-refractivity contribution in [1.82, 2.24) is 0 Å². The Morgan fingerprint density at radius 1 is 0.338 bits per heavy atom. The van der Waals surface area contributed by atoms with Crippen molar-refractivity contribution in [1.29, 1.82) is 0 Å². The van der Waals surface area contributed by atoms with Gasteiger partial charge in [-0.05, 0) is 6.92 Å². The van der Waals surface area contributed by atoms with Crippen molar-refractivity contribution in [3.05, 3.63) is 0 Å². The zero-order chi connectivity index (χ0) is 59.2. The second-order valence-corrected chi connectivity index (χ2v) is 25.5. The molecular weight excluding hydrogens is 1240 g/mol. The van der Waals surface area contributed by atoms with Gasteiger partial charge in [0.2, 0.25) is 0 Å². The summed E-state index contributed by atoms with van der Waals surface area (Å²) in [6, 6.07) is 0. The Hall–Kier alpha value is 0.680. The van der Waals surface area contributed by atoms with Crippen LogP contribution >= 0.6 is 62.9 Å². The van der Waals surface area contributed by atoms with E-state index in [0.717, 1.165) is 0 Å². The Bertz CT molecular complexity index is 2090. The molecule has 0 bridgehead atoms. The fourth-order valence-corrected chi connectivity index (χ4v) is 11.8. The molecule has 462 valence electrons. The number of phosphoric ester groups is 7. The summed E-state index contributed by atoms with van der Waals surface area (Å²) in [7, 11) is -45.2.